The first-order valence-electron chi connectivity index (χ1n) is 10.8. The lowest BCUT2D eigenvalue weighted by molar-refractivity contribution is 0.0661. The van der Waals surface area contributed by atoms with Crippen molar-refractivity contribution < 1.29 is 14.3 Å². The summed E-state index contributed by atoms with van der Waals surface area (Å²) in [6.45, 7) is 3.46. The number of nitrogens with one attached hydrogen (secondary N) is 1. The van der Waals surface area contributed by atoms with Gasteiger partial charge in [0.25, 0.3) is 11.5 Å². The van der Waals surface area contributed by atoms with Gasteiger partial charge in [-0.05, 0) is 18.6 Å². The maximum Gasteiger partial charge on any atom is 0.282 e. The lowest BCUT2D eigenvalue weighted by Crippen LogP contribution is -2.39. The van der Waals surface area contributed by atoms with Gasteiger partial charge in [0.2, 0.25) is 0 Å². The summed E-state index contributed by atoms with van der Waals surface area (Å²) in [6.07, 6.45) is 0. The molecule has 2 aromatic carbocycles. The molecule has 0 fully saturated rings. The number of ether oxygens (including phenoxy) is 2. The average Bonchev–Trinajstić information content (AvgIpc) is 3.23. The normalized spacial score (nSPS) is 11.2. The molecule has 4 rings (SSSR count). The highest BCUT2D eigenvalue weighted by atomic mass is 32.1. The Morgan fingerprint density at radius 1 is 1.09 bits per heavy atom. The van der Waals surface area contributed by atoms with Gasteiger partial charge in [-0.3, -0.25) is 14.6 Å². The van der Waals surface area contributed by atoms with Gasteiger partial charge in [-0.2, -0.15) is 0 Å². The molecule has 0 aliphatic heterocycles. The quantitative estimate of drug-likeness (QED) is 0.299. The summed E-state index contributed by atoms with van der Waals surface area (Å²) in [5, 5.41) is 2.87. The molecule has 8 heteroatoms. The smallest absolute Gasteiger partial charge is 0.282 e. The van der Waals surface area contributed by atoms with Crippen LogP contribution in [-0.2, 0) is 18.3 Å². The van der Waals surface area contributed by atoms with Crippen molar-refractivity contribution in [1.29, 1.82) is 0 Å². The van der Waals surface area contributed by atoms with E-state index in [0.717, 1.165) is 21.2 Å². The lowest BCUT2D eigenvalue weighted by Gasteiger charge is -2.21. The average molecular weight is 466 g/mol. The predicted molar refractivity (Wildman–Crippen MR) is 132 cm³/mol. The molecule has 0 radical (unpaired) electrons. The van der Waals surface area contributed by atoms with Crippen molar-refractivity contribution in [3.05, 3.63) is 75.4 Å². The number of thiophene rings is 1. The maximum atomic E-state index is 13.6. The van der Waals surface area contributed by atoms with Crippen LogP contribution < -0.4 is 15.7 Å². The van der Waals surface area contributed by atoms with E-state index >= 15 is 0 Å². The lowest BCUT2D eigenvalue weighted by atomic mass is 10.1. The van der Waals surface area contributed by atoms with Crippen LogP contribution in [0, 0.1) is 0 Å². The van der Waals surface area contributed by atoms with Gasteiger partial charge in [0.1, 0.15) is 16.9 Å². The third kappa shape index (κ3) is 4.50. The summed E-state index contributed by atoms with van der Waals surface area (Å²) in [4.78, 5) is 27.4. The fourth-order valence-corrected chi connectivity index (χ4v) is 5.02. The van der Waals surface area contributed by atoms with Crippen LogP contribution in [-0.4, -0.2) is 42.4 Å². The molecule has 0 atom stereocenters. The molecule has 1 amide bonds. The van der Waals surface area contributed by atoms with Gasteiger partial charge < -0.3 is 14.0 Å². The summed E-state index contributed by atoms with van der Waals surface area (Å²) in [5.74, 6) is 0.0689. The number of rotatable bonds is 9. The van der Waals surface area contributed by atoms with Crippen molar-refractivity contribution in [2.45, 2.75) is 13.5 Å². The van der Waals surface area contributed by atoms with Gasteiger partial charge in [0.15, 0.2) is 5.75 Å². The largest absolute Gasteiger partial charge is 0.489 e. The van der Waals surface area contributed by atoms with E-state index in [1.54, 1.807) is 18.7 Å². The van der Waals surface area contributed by atoms with Crippen LogP contribution in [0.3, 0.4) is 0 Å². The number of carbonyl (C=O) groups is 1. The van der Waals surface area contributed by atoms with Crippen molar-refractivity contribution in [3.63, 3.8) is 0 Å². The number of nitrogens with zero attached hydrogens (tertiary/aromatic N) is 2. The summed E-state index contributed by atoms with van der Waals surface area (Å²) < 4.78 is 13.8. The van der Waals surface area contributed by atoms with Crippen molar-refractivity contribution in [1.82, 2.24) is 15.0 Å². The minimum Gasteiger partial charge on any atom is -0.489 e. The van der Waals surface area contributed by atoms with Gasteiger partial charge in [0.05, 0.1) is 23.4 Å². The van der Waals surface area contributed by atoms with E-state index in [1.807, 2.05) is 61.5 Å². The van der Waals surface area contributed by atoms with E-state index in [2.05, 4.69) is 5.43 Å². The van der Waals surface area contributed by atoms with E-state index in [-0.39, 0.29) is 18.1 Å². The highest BCUT2D eigenvalue weighted by molar-refractivity contribution is 7.22. The van der Waals surface area contributed by atoms with Gasteiger partial charge in [-0.15, -0.1) is 11.3 Å². The molecule has 0 unspecified atom stereocenters. The van der Waals surface area contributed by atoms with Crippen LogP contribution in [0.15, 0.2) is 59.4 Å². The number of aromatic nitrogens is 1. The molecule has 172 valence electrons. The first-order valence-corrected chi connectivity index (χ1v) is 11.7. The minimum absolute atomic E-state index is 0.190. The molecule has 7 nitrogen and oxygen atoms in total. The summed E-state index contributed by atoms with van der Waals surface area (Å²) >= 11 is 1.29. The zero-order chi connectivity index (χ0) is 23.4. The zero-order valence-corrected chi connectivity index (χ0v) is 19.8. The third-order valence-corrected chi connectivity index (χ3v) is 6.66. The van der Waals surface area contributed by atoms with Crippen LogP contribution in [0.2, 0.25) is 0 Å². The van der Waals surface area contributed by atoms with Gasteiger partial charge in [0, 0.05) is 26.1 Å². The van der Waals surface area contributed by atoms with Crippen LogP contribution in [0.4, 0.5) is 0 Å². The van der Waals surface area contributed by atoms with Crippen LogP contribution in [0.5, 0.6) is 5.75 Å². The molecule has 0 saturated carbocycles. The Hall–Kier alpha value is -3.20. The monoisotopic (exact) mass is 465 g/mol. The first kappa shape index (κ1) is 23.0. The van der Waals surface area contributed by atoms with Crippen molar-refractivity contribution in [3.8, 4) is 5.75 Å². The third-order valence-electron chi connectivity index (χ3n) is 5.46. The van der Waals surface area contributed by atoms with E-state index in [4.69, 9.17) is 9.47 Å². The van der Waals surface area contributed by atoms with Gasteiger partial charge in [-0.1, -0.05) is 48.5 Å². The molecule has 0 bridgehead atoms. The van der Waals surface area contributed by atoms with Crippen molar-refractivity contribution in [2.75, 3.05) is 26.9 Å². The number of aryl methyl sites for hydroxylation is 1. The number of fused-ring (bicyclic) bond motifs is 3. The van der Waals surface area contributed by atoms with Gasteiger partial charge >= 0.3 is 0 Å². The highest BCUT2D eigenvalue weighted by Crippen LogP contribution is 2.40. The highest BCUT2D eigenvalue weighted by Gasteiger charge is 2.27. The Bertz CT molecular complexity index is 1330. The number of hydrogen-bond acceptors (Lipinski definition) is 6. The zero-order valence-electron chi connectivity index (χ0n) is 19.0. The molecule has 0 aliphatic carbocycles. The molecule has 2 aromatic heterocycles. The summed E-state index contributed by atoms with van der Waals surface area (Å²) in [6, 6.07) is 17.4. The van der Waals surface area contributed by atoms with Crippen molar-refractivity contribution in [2.24, 2.45) is 7.05 Å². The minimum atomic E-state index is -0.250. The van der Waals surface area contributed by atoms with Crippen LogP contribution >= 0.6 is 11.3 Å². The Morgan fingerprint density at radius 3 is 2.55 bits per heavy atom. The number of benzene rings is 2. The number of para-hydroxylation sites is 1. The Kier molecular flexibility index (Phi) is 7.08. The number of hydrogen-bond donors (Lipinski definition) is 1. The van der Waals surface area contributed by atoms with E-state index < -0.39 is 0 Å². The Balaban J connectivity index is 1.85. The number of carbonyl (C=O) groups excluding carboxylic acids is 1. The number of pyridine rings is 1. The maximum absolute atomic E-state index is 13.6. The second-order valence-corrected chi connectivity index (χ2v) is 8.51. The number of amides is 1. The molecular weight excluding hydrogens is 438 g/mol. The topological polar surface area (TPSA) is 72.8 Å². The van der Waals surface area contributed by atoms with Gasteiger partial charge in [-0.25, -0.2) is 5.43 Å². The fraction of sp³-hybridized carbons (Fsp3) is 0.280. The fourth-order valence-electron chi connectivity index (χ4n) is 3.80. The van der Waals surface area contributed by atoms with Crippen molar-refractivity contribution >= 4 is 38.2 Å². The summed E-state index contributed by atoms with van der Waals surface area (Å²) in [7, 11) is 3.45. The van der Waals surface area contributed by atoms with Crippen LogP contribution in [0.1, 0.15) is 22.2 Å². The standard InChI is InChI=1S/C25H27N3O4S/c1-4-31-14-15-32-21-20-22(18-12-8-9-13-19(18)27(3)24(20)29)33-23(21)25(30)28(26-2)16-17-10-6-5-7-11-17/h5-13,26H,4,14-16H2,1-3H3. The Labute approximate surface area is 196 Å². The van der Waals surface area contributed by atoms with Crippen LogP contribution in [0.25, 0.3) is 21.0 Å². The molecule has 0 aliphatic rings. The molecular formula is C25H27N3O4S. The predicted octanol–water partition coefficient (Wildman–Crippen LogP) is 3.95. The second-order valence-electron chi connectivity index (χ2n) is 7.49. The molecule has 4 aromatic rings. The Morgan fingerprint density at radius 2 is 1.82 bits per heavy atom. The SMILES string of the molecule is CCOCCOc1c(C(=O)N(Cc2ccccc2)NC)sc2c1c(=O)n(C)c1ccccc21. The molecule has 1 N–H and O–H groups in total. The molecule has 33 heavy (non-hydrogen) atoms. The first-order chi connectivity index (χ1) is 16.1. The number of hydrazine groups is 1. The van der Waals surface area contributed by atoms with E-state index in [9.17, 15) is 9.59 Å². The summed E-state index contributed by atoms with van der Waals surface area (Å²) in [5.41, 5.74) is 4.59. The van der Waals surface area contributed by atoms with E-state index in [0.29, 0.717) is 35.8 Å². The molecule has 0 saturated heterocycles. The second kappa shape index (κ2) is 10.2. The van der Waals surface area contributed by atoms with E-state index in [1.165, 1.54) is 16.3 Å². The molecule has 2 heterocycles. The molecule has 0 spiro atoms.